The number of rotatable bonds is 7. The molecule has 0 aromatic heterocycles. The first kappa shape index (κ1) is 17.5. The van der Waals surface area contributed by atoms with Crippen molar-refractivity contribution in [3.05, 3.63) is 28.2 Å². The van der Waals surface area contributed by atoms with E-state index < -0.39 is 11.9 Å². The predicted octanol–water partition coefficient (Wildman–Crippen LogP) is 3.02. The second kappa shape index (κ2) is 8.02. The first-order valence-corrected chi connectivity index (χ1v) is 7.57. The van der Waals surface area contributed by atoms with Crippen molar-refractivity contribution >= 4 is 27.8 Å². The fourth-order valence-electron chi connectivity index (χ4n) is 2.18. The van der Waals surface area contributed by atoms with Crippen molar-refractivity contribution in [2.45, 2.75) is 26.7 Å². The van der Waals surface area contributed by atoms with Crippen molar-refractivity contribution in [2.75, 3.05) is 6.54 Å². The number of carbonyl (C=O) groups is 2. The van der Waals surface area contributed by atoms with Gasteiger partial charge in [-0.2, -0.15) is 0 Å². The third-order valence-electron chi connectivity index (χ3n) is 3.02. The topological polar surface area (TPSA) is 86.6 Å². The van der Waals surface area contributed by atoms with Crippen molar-refractivity contribution in [3.8, 4) is 5.75 Å². The van der Waals surface area contributed by atoms with Crippen LogP contribution in [0.5, 0.6) is 5.75 Å². The molecule has 0 aliphatic carbocycles. The third kappa shape index (κ3) is 6.16. The maximum Gasteiger partial charge on any atom is 0.303 e. The first-order chi connectivity index (χ1) is 9.79. The molecule has 1 rings (SSSR count). The number of phenolic OH excluding ortho intramolecular Hbond substituents is 1. The van der Waals surface area contributed by atoms with E-state index in [1.165, 1.54) is 12.1 Å². The molecule has 1 atom stereocenters. The maximum absolute atomic E-state index is 12.0. The van der Waals surface area contributed by atoms with Gasteiger partial charge in [0.25, 0.3) is 5.91 Å². The zero-order valence-electron chi connectivity index (χ0n) is 12.1. The monoisotopic (exact) mass is 357 g/mol. The lowest BCUT2D eigenvalue weighted by Gasteiger charge is -2.18. The Morgan fingerprint density at radius 3 is 2.52 bits per heavy atom. The second-order valence-electron chi connectivity index (χ2n) is 5.46. The Morgan fingerprint density at radius 2 is 2.00 bits per heavy atom. The molecule has 3 N–H and O–H groups in total. The van der Waals surface area contributed by atoms with Crippen LogP contribution in [0, 0.1) is 11.8 Å². The van der Waals surface area contributed by atoms with Crippen LogP contribution in [0.4, 0.5) is 0 Å². The van der Waals surface area contributed by atoms with Crippen molar-refractivity contribution in [1.29, 1.82) is 0 Å². The van der Waals surface area contributed by atoms with Crippen LogP contribution in [0.1, 0.15) is 37.0 Å². The van der Waals surface area contributed by atoms with Crippen LogP contribution in [0.15, 0.2) is 22.7 Å². The largest absolute Gasteiger partial charge is 0.507 e. The number of benzene rings is 1. The molecule has 6 heteroatoms. The van der Waals surface area contributed by atoms with E-state index in [0.29, 0.717) is 10.4 Å². The Balaban J connectivity index is 2.65. The molecule has 21 heavy (non-hydrogen) atoms. The van der Waals surface area contributed by atoms with Crippen molar-refractivity contribution in [2.24, 2.45) is 11.8 Å². The number of carboxylic acids is 1. The highest BCUT2D eigenvalue weighted by atomic mass is 79.9. The summed E-state index contributed by atoms with van der Waals surface area (Å²) in [4.78, 5) is 22.9. The van der Waals surface area contributed by atoms with E-state index >= 15 is 0 Å². The van der Waals surface area contributed by atoms with E-state index in [4.69, 9.17) is 5.11 Å². The summed E-state index contributed by atoms with van der Waals surface area (Å²) in [7, 11) is 0. The highest BCUT2D eigenvalue weighted by molar-refractivity contribution is 9.10. The normalized spacial score (nSPS) is 12.2. The molecular formula is C15H20BrNO4. The SMILES string of the molecule is CC(C)CC(CNC(=O)c1ccc(Br)cc1O)CC(=O)O. The number of amides is 1. The minimum atomic E-state index is -0.874. The van der Waals surface area contributed by atoms with Crippen LogP contribution in [-0.4, -0.2) is 28.6 Å². The lowest BCUT2D eigenvalue weighted by molar-refractivity contribution is -0.138. The molecule has 0 saturated heterocycles. The van der Waals surface area contributed by atoms with Gasteiger partial charge >= 0.3 is 5.97 Å². The summed E-state index contributed by atoms with van der Waals surface area (Å²) in [5.74, 6) is -1.16. The second-order valence-corrected chi connectivity index (χ2v) is 6.38. The Hall–Kier alpha value is -1.56. The summed E-state index contributed by atoms with van der Waals surface area (Å²) in [5, 5.41) is 21.3. The summed E-state index contributed by atoms with van der Waals surface area (Å²) in [5.41, 5.74) is 0.178. The van der Waals surface area contributed by atoms with Crippen LogP contribution in [-0.2, 0) is 4.79 Å². The van der Waals surface area contributed by atoms with Gasteiger partial charge in [-0.3, -0.25) is 9.59 Å². The molecular weight excluding hydrogens is 338 g/mol. The average molecular weight is 358 g/mol. The molecule has 0 heterocycles. The molecule has 0 radical (unpaired) electrons. The van der Waals surface area contributed by atoms with Crippen LogP contribution >= 0.6 is 15.9 Å². The molecule has 0 saturated carbocycles. The van der Waals surface area contributed by atoms with Gasteiger partial charge in [0.15, 0.2) is 0 Å². The summed E-state index contributed by atoms with van der Waals surface area (Å²) in [6.07, 6.45) is 0.740. The molecule has 0 bridgehead atoms. The van der Waals surface area contributed by atoms with Gasteiger partial charge in [-0.1, -0.05) is 29.8 Å². The maximum atomic E-state index is 12.0. The quantitative estimate of drug-likeness (QED) is 0.699. The van der Waals surface area contributed by atoms with Crippen LogP contribution in [0.3, 0.4) is 0 Å². The molecule has 0 aliphatic rings. The lowest BCUT2D eigenvalue weighted by Crippen LogP contribution is -2.31. The third-order valence-corrected chi connectivity index (χ3v) is 3.52. The van der Waals surface area contributed by atoms with Crippen LogP contribution in [0.25, 0.3) is 0 Å². The van der Waals surface area contributed by atoms with E-state index in [-0.39, 0.29) is 30.2 Å². The number of hydrogen-bond acceptors (Lipinski definition) is 3. The number of carbonyl (C=O) groups excluding carboxylic acids is 1. The zero-order valence-corrected chi connectivity index (χ0v) is 13.7. The van der Waals surface area contributed by atoms with E-state index in [9.17, 15) is 14.7 Å². The number of phenols is 1. The molecule has 0 fully saturated rings. The first-order valence-electron chi connectivity index (χ1n) is 6.78. The van der Waals surface area contributed by atoms with Crippen molar-refractivity contribution < 1.29 is 19.8 Å². The molecule has 1 unspecified atom stereocenters. The zero-order chi connectivity index (χ0) is 16.0. The van der Waals surface area contributed by atoms with E-state index in [1.807, 2.05) is 13.8 Å². The molecule has 1 amide bonds. The van der Waals surface area contributed by atoms with Crippen molar-refractivity contribution in [1.82, 2.24) is 5.32 Å². The van der Waals surface area contributed by atoms with Gasteiger partial charge in [0, 0.05) is 17.4 Å². The molecule has 5 nitrogen and oxygen atoms in total. The number of halogens is 1. The highest BCUT2D eigenvalue weighted by Gasteiger charge is 2.17. The fourth-order valence-corrected chi connectivity index (χ4v) is 2.53. The molecule has 116 valence electrons. The number of carboxylic acid groups (broad SMARTS) is 1. The van der Waals surface area contributed by atoms with Gasteiger partial charge in [0.05, 0.1) is 5.56 Å². The van der Waals surface area contributed by atoms with Gasteiger partial charge < -0.3 is 15.5 Å². The summed E-state index contributed by atoms with van der Waals surface area (Å²) in [6, 6.07) is 4.62. The Morgan fingerprint density at radius 1 is 1.33 bits per heavy atom. The van der Waals surface area contributed by atoms with Gasteiger partial charge in [-0.15, -0.1) is 0 Å². The Bertz CT molecular complexity index is 516. The smallest absolute Gasteiger partial charge is 0.303 e. The number of aromatic hydroxyl groups is 1. The van der Waals surface area contributed by atoms with Gasteiger partial charge in [-0.05, 0) is 36.5 Å². The highest BCUT2D eigenvalue weighted by Crippen LogP contribution is 2.22. The number of aliphatic carboxylic acids is 1. The van der Waals surface area contributed by atoms with Crippen LogP contribution in [0.2, 0.25) is 0 Å². The number of nitrogens with one attached hydrogen (secondary N) is 1. The molecule has 1 aromatic rings. The Kier molecular flexibility index (Phi) is 6.68. The molecule has 0 spiro atoms. The fraction of sp³-hybridized carbons (Fsp3) is 0.467. The molecule has 1 aromatic carbocycles. The average Bonchev–Trinajstić information content (AvgIpc) is 2.34. The van der Waals surface area contributed by atoms with Gasteiger partial charge in [0.1, 0.15) is 5.75 Å². The van der Waals surface area contributed by atoms with E-state index in [1.54, 1.807) is 6.07 Å². The van der Waals surface area contributed by atoms with E-state index in [2.05, 4.69) is 21.2 Å². The minimum absolute atomic E-state index is 0.0186. The van der Waals surface area contributed by atoms with Gasteiger partial charge in [0.2, 0.25) is 0 Å². The number of hydrogen-bond donors (Lipinski definition) is 3. The molecule has 0 aliphatic heterocycles. The van der Waals surface area contributed by atoms with Crippen LogP contribution < -0.4 is 5.32 Å². The summed E-state index contributed by atoms with van der Waals surface area (Å²) in [6.45, 7) is 4.30. The standard InChI is InChI=1S/C15H20BrNO4/c1-9(2)5-10(6-14(19)20)8-17-15(21)12-4-3-11(16)7-13(12)18/h3-4,7,9-10,18H,5-6,8H2,1-2H3,(H,17,21)(H,19,20). The predicted molar refractivity (Wildman–Crippen MR) is 83.3 cm³/mol. The summed E-state index contributed by atoms with van der Waals surface area (Å²) < 4.78 is 0.681. The lowest BCUT2D eigenvalue weighted by atomic mass is 9.94. The van der Waals surface area contributed by atoms with E-state index in [0.717, 1.165) is 6.42 Å². The van der Waals surface area contributed by atoms with Crippen molar-refractivity contribution in [3.63, 3.8) is 0 Å². The minimum Gasteiger partial charge on any atom is -0.507 e. The summed E-state index contributed by atoms with van der Waals surface area (Å²) >= 11 is 3.20. The Labute approximate surface area is 132 Å². The van der Waals surface area contributed by atoms with Gasteiger partial charge in [-0.25, -0.2) is 0 Å².